The monoisotopic (exact) mass is 423 g/mol. The summed E-state index contributed by atoms with van der Waals surface area (Å²) in [7, 11) is 4.44. The number of hydrogen-bond donors (Lipinski definition) is 2. The van der Waals surface area contributed by atoms with E-state index in [0.29, 0.717) is 40.0 Å². The van der Waals surface area contributed by atoms with Crippen LogP contribution in [0.15, 0.2) is 36.4 Å². The molecule has 1 aliphatic carbocycles. The third kappa shape index (κ3) is 4.89. The Kier molecular flexibility index (Phi) is 6.65. The molecule has 8 nitrogen and oxygen atoms in total. The third-order valence-corrected chi connectivity index (χ3v) is 5.26. The van der Waals surface area contributed by atoms with Gasteiger partial charge in [0, 0.05) is 17.2 Å². The molecule has 1 fully saturated rings. The summed E-state index contributed by atoms with van der Waals surface area (Å²) in [6.45, 7) is 2.03. The first-order valence-electron chi connectivity index (χ1n) is 9.83. The molecule has 8 heteroatoms. The SMILES string of the molecule is COc1cc(C(C#N)NC(=O)c2cccc(NC(=O)C3CC3C)c2)cc(OC)c1OC. The molecule has 3 rings (SSSR count). The topological polar surface area (TPSA) is 110 Å². The molecule has 0 aliphatic heterocycles. The molecule has 0 radical (unpaired) electrons. The predicted molar refractivity (Wildman–Crippen MR) is 114 cm³/mol. The number of benzene rings is 2. The Bertz CT molecular complexity index is 1010. The van der Waals surface area contributed by atoms with Crippen molar-refractivity contribution in [3.8, 4) is 23.3 Å². The van der Waals surface area contributed by atoms with Crippen LogP contribution < -0.4 is 24.8 Å². The highest BCUT2D eigenvalue weighted by molar-refractivity contribution is 5.98. The zero-order valence-corrected chi connectivity index (χ0v) is 17.9. The Hall–Kier alpha value is -3.73. The summed E-state index contributed by atoms with van der Waals surface area (Å²) < 4.78 is 15.9. The minimum atomic E-state index is -0.952. The number of nitrogens with one attached hydrogen (secondary N) is 2. The van der Waals surface area contributed by atoms with Crippen molar-refractivity contribution in [3.63, 3.8) is 0 Å². The second kappa shape index (κ2) is 9.39. The highest BCUT2D eigenvalue weighted by Crippen LogP contribution is 2.40. The van der Waals surface area contributed by atoms with Crippen LogP contribution in [-0.4, -0.2) is 33.1 Å². The summed E-state index contributed by atoms with van der Waals surface area (Å²) in [4.78, 5) is 25.0. The molecule has 0 aromatic heterocycles. The maximum atomic E-state index is 12.8. The van der Waals surface area contributed by atoms with Crippen LogP contribution in [0.25, 0.3) is 0 Å². The van der Waals surface area contributed by atoms with Gasteiger partial charge in [-0.15, -0.1) is 0 Å². The Labute approximate surface area is 181 Å². The van der Waals surface area contributed by atoms with E-state index >= 15 is 0 Å². The van der Waals surface area contributed by atoms with Gasteiger partial charge in [-0.3, -0.25) is 9.59 Å². The van der Waals surface area contributed by atoms with Gasteiger partial charge in [-0.25, -0.2) is 0 Å². The van der Waals surface area contributed by atoms with Crippen LogP contribution in [0.3, 0.4) is 0 Å². The first-order valence-corrected chi connectivity index (χ1v) is 9.83. The summed E-state index contributed by atoms with van der Waals surface area (Å²) in [6.07, 6.45) is 0.880. The molecule has 2 aromatic carbocycles. The molecule has 1 saturated carbocycles. The van der Waals surface area contributed by atoms with Gasteiger partial charge < -0.3 is 24.8 Å². The van der Waals surface area contributed by atoms with Crippen LogP contribution in [0.1, 0.15) is 35.3 Å². The lowest BCUT2D eigenvalue weighted by Crippen LogP contribution is -2.28. The van der Waals surface area contributed by atoms with Gasteiger partial charge in [-0.2, -0.15) is 5.26 Å². The Morgan fingerprint density at radius 1 is 1.10 bits per heavy atom. The number of nitriles is 1. The van der Waals surface area contributed by atoms with Crippen molar-refractivity contribution in [3.05, 3.63) is 47.5 Å². The average Bonchev–Trinajstić information content (AvgIpc) is 3.53. The van der Waals surface area contributed by atoms with Crippen molar-refractivity contribution in [2.45, 2.75) is 19.4 Å². The number of nitrogens with zero attached hydrogens (tertiary/aromatic N) is 1. The molecule has 0 heterocycles. The van der Waals surface area contributed by atoms with E-state index in [0.717, 1.165) is 6.42 Å². The number of ether oxygens (including phenoxy) is 3. The lowest BCUT2D eigenvalue weighted by atomic mass is 10.1. The lowest BCUT2D eigenvalue weighted by molar-refractivity contribution is -0.117. The summed E-state index contributed by atoms with van der Waals surface area (Å²) in [6, 6.07) is 11.0. The van der Waals surface area contributed by atoms with E-state index in [1.165, 1.54) is 21.3 Å². The van der Waals surface area contributed by atoms with Crippen LogP contribution in [-0.2, 0) is 4.79 Å². The molecule has 1 aliphatic rings. The van der Waals surface area contributed by atoms with Crippen molar-refractivity contribution < 1.29 is 23.8 Å². The number of anilines is 1. The van der Waals surface area contributed by atoms with Gasteiger partial charge in [0.15, 0.2) is 11.5 Å². The Morgan fingerprint density at radius 2 is 1.74 bits per heavy atom. The van der Waals surface area contributed by atoms with Gasteiger partial charge in [0.2, 0.25) is 11.7 Å². The van der Waals surface area contributed by atoms with Gasteiger partial charge >= 0.3 is 0 Å². The molecule has 2 aromatic rings. The van der Waals surface area contributed by atoms with Crippen LogP contribution in [0.5, 0.6) is 17.2 Å². The summed E-state index contributed by atoms with van der Waals surface area (Å²) in [5, 5.41) is 15.2. The number of rotatable bonds is 8. The number of methoxy groups -OCH3 is 3. The first kappa shape index (κ1) is 22.0. The number of carbonyl (C=O) groups excluding carboxylic acids is 2. The summed E-state index contributed by atoms with van der Waals surface area (Å²) in [5.41, 5.74) is 1.35. The van der Waals surface area contributed by atoms with Crippen molar-refractivity contribution in [2.75, 3.05) is 26.6 Å². The van der Waals surface area contributed by atoms with Gasteiger partial charge in [0.05, 0.1) is 27.4 Å². The fourth-order valence-electron chi connectivity index (χ4n) is 3.33. The molecule has 162 valence electrons. The third-order valence-electron chi connectivity index (χ3n) is 5.26. The number of hydrogen-bond acceptors (Lipinski definition) is 6. The molecule has 3 unspecified atom stereocenters. The molecule has 2 N–H and O–H groups in total. The van der Waals surface area contributed by atoms with E-state index in [4.69, 9.17) is 14.2 Å². The largest absolute Gasteiger partial charge is 0.493 e. The van der Waals surface area contributed by atoms with Crippen molar-refractivity contribution in [1.29, 1.82) is 5.26 Å². The van der Waals surface area contributed by atoms with Crippen molar-refractivity contribution >= 4 is 17.5 Å². The van der Waals surface area contributed by atoms with Crippen LogP contribution >= 0.6 is 0 Å². The second-order valence-corrected chi connectivity index (χ2v) is 7.38. The minimum absolute atomic E-state index is 0.0282. The minimum Gasteiger partial charge on any atom is -0.493 e. The lowest BCUT2D eigenvalue weighted by Gasteiger charge is -2.17. The van der Waals surface area contributed by atoms with Gasteiger partial charge in [-0.05, 0) is 48.2 Å². The average molecular weight is 423 g/mol. The summed E-state index contributed by atoms with van der Waals surface area (Å²) in [5.74, 6) is 1.08. The van der Waals surface area contributed by atoms with Gasteiger partial charge in [0.25, 0.3) is 5.91 Å². The smallest absolute Gasteiger partial charge is 0.252 e. The highest BCUT2D eigenvalue weighted by Gasteiger charge is 2.39. The summed E-state index contributed by atoms with van der Waals surface area (Å²) >= 11 is 0. The predicted octanol–water partition coefficient (Wildman–Crippen LogP) is 3.30. The number of amides is 2. The fraction of sp³-hybridized carbons (Fsp3) is 0.348. The van der Waals surface area contributed by atoms with Crippen molar-refractivity contribution in [2.24, 2.45) is 11.8 Å². The van der Waals surface area contributed by atoms with E-state index in [1.807, 2.05) is 6.92 Å². The standard InChI is InChI=1S/C23H25N3O5/c1-13-8-17(13)23(28)25-16-7-5-6-14(9-16)22(27)26-18(12-24)15-10-19(29-2)21(31-4)20(11-15)30-3/h5-7,9-11,13,17-18H,8H2,1-4H3,(H,25,28)(H,26,27). The molecule has 3 atom stereocenters. The zero-order valence-electron chi connectivity index (χ0n) is 17.9. The molecule has 31 heavy (non-hydrogen) atoms. The quantitative estimate of drug-likeness (QED) is 0.674. The highest BCUT2D eigenvalue weighted by atomic mass is 16.5. The van der Waals surface area contributed by atoms with E-state index in [2.05, 4.69) is 16.7 Å². The molecule has 0 bridgehead atoms. The second-order valence-electron chi connectivity index (χ2n) is 7.38. The molecule has 0 spiro atoms. The van der Waals surface area contributed by atoms with E-state index < -0.39 is 11.9 Å². The van der Waals surface area contributed by atoms with E-state index in [-0.39, 0.29) is 11.8 Å². The van der Waals surface area contributed by atoms with Crippen LogP contribution in [0, 0.1) is 23.2 Å². The Balaban J connectivity index is 1.78. The van der Waals surface area contributed by atoms with E-state index in [1.54, 1.807) is 36.4 Å². The molecule has 2 amide bonds. The van der Waals surface area contributed by atoms with Crippen LogP contribution in [0.2, 0.25) is 0 Å². The Morgan fingerprint density at radius 3 is 2.26 bits per heavy atom. The van der Waals surface area contributed by atoms with E-state index in [9.17, 15) is 14.9 Å². The zero-order chi connectivity index (χ0) is 22.5. The number of carbonyl (C=O) groups is 2. The van der Waals surface area contributed by atoms with Gasteiger partial charge in [-0.1, -0.05) is 13.0 Å². The van der Waals surface area contributed by atoms with Crippen LogP contribution in [0.4, 0.5) is 5.69 Å². The maximum Gasteiger partial charge on any atom is 0.252 e. The fourth-order valence-corrected chi connectivity index (χ4v) is 3.33. The van der Waals surface area contributed by atoms with Crippen molar-refractivity contribution in [1.82, 2.24) is 5.32 Å². The first-order chi connectivity index (χ1) is 14.9. The maximum absolute atomic E-state index is 12.8. The molecule has 0 saturated heterocycles. The molecular formula is C23H25N3O5. The van der Waals surface area contributed by atoms with Gasteiger partial charge in [0.1, 0.15) is 6.04 Å². The molecular weight excluding hydrogens is 398 g/mol. The normalized spacial score (nSPS) is 17.6.